The van der Waals surface area contributed by atoms with Crippen LogP contribution in [0.3, 0.4) is 0 Å². The van der Waals surface area contributed by atoms with Crippen molar-refractivity contribution in [1.82, 2.24) is 9.78 Å². The standard InChI is InChI=1S/C18H15ClFN3O/c19-16-10-14(7-8-17(16)20)22-18(24)9-6-13-11-21-23(12-13)15-4-2-1-3-5-15/h1-5,7-8,10-12H,6,9H2,(H,22,24). The van der Waals surface area contributed by atoms with E-state index >= 15 is 0 Å². The molecule has 3 rings (SSSR count). The molecule has 0 saturated heterocycles. The zero-order chi connectivity index (χ0) is 16.9. The normalized spacial score (nSPS) is 10.6. The van der Waals surface area contributed by atoms with Crippen LogP contribution in [-0.2, 0) is 11.2 Å². The van der Waals surface area contributed by atoms with Crippen molar-refractivity contribution < 1.29 is 9.18 Å². The van der Waals surface area contributed by atoms with Gasteiger partial charge in [-0.15, -0.1) is 0 Å². The highest BCUT2D eigenvalue weighted by Gasteiger charge is 2.07. The van der Waals surface area contributed by atoms with Gasteiger partial charge < -0.3 is 5.32 Å². The van der Waals surface area contributed by atoms with Gasteiger partial charge in [0.1, 0.15) is 5.82 Å². The van der Waals surface area contributed by atoms with Gasteiger partial charge >= 0.3 is 0 Å². The molecule has 0 aliphatic rings. The van der Waals surface area contributed by atoms with Gasteiger partial charge in [-0.3, -0.25) is 4.79 Å². The number of hydrogen-bond donors (Lipinski definition) is 1. The van der Waals surface area contributed by atoms with E-state index in [9.17, 15) is 9.18 Å². The van der Waals surface area contributed by atoms with Gasteiger partial charge in [-0.1, -0.05) is 29.8 Å². The third-order valence-corrected chi connectivity index (χ3v) is 3.79. The van der Waals surface area contributed by atoms with Crippen LogP contribution in [0.25, 0.3) is 5.69 Å². The highest BCUT2D eigenvalue weighted by Crippen LogP contribution is 2.19. The SMILES string of the molecule is O=C(CCc1cnn(-c2ccccc2)c1)Nc1ccc(F)c(Cl)c1. The third kappa shape index (κ3) is 4.00. The maximum absolute atomic E-state index is 13.1. The number of benzene rings is 2. The molecule has 2 aromatic carbocycles. The lowest BCUT2D eigenvalue weighted by Gasteiger charge is -2.05. The lowest BCUT2D eigenvalue weighted by Crippen LogP contribution is -2.12. The molecule has 0 radical (unpaired) electrons. The summed E-state index contributed by atoms with van der Waals surface area (Å²) >= 11 is 5.69. The summed E-state index contributed by atoms with van der Waals surface area (Å²) in [4.78, 5) is 12.0. The molecule has 24 heavy (non-hydrogen) atoms. The summed E-state index contributed by atoms with van der Waals surface area (Å²) in [6.07, 6.45) is 4.51. The highest BCUT2D eigenvalue weighted by molar-refractivity contribution is 6.31. The van der Waals surface area contributed by atoms with E-state index in [1.54, 1.807) is 10.9 Å². The third-order valence-electron chi connectivity index (χ3n) is 3.50. The van der Waals surface area contributed by atoms with Crippen molar-refractivity contribution in [3.8, 4) is 5.69 Å². The molecule has 1 heterocycles. The summed E-state index contributed by atoms with van der Waals surface area (Å²) in [7, 11) is 0. The molecule has 1 amide bonds. The number of nitrogens with zero attached hydrogens (tertiary/aromatic N) is 2. The molecular weight excluding hydrogens is 329 g/mol. The van der Waals surface area contributed by atoms with E-state index in [0.29, 0.717) is 18.5 Å². The lowest BCUT2D eigenvalue weighted by atomic mass is 10.2. The van der Waals surface area contributed by atoms with Crippen LogP contribution in [0.2, 0.25) is 5.02 Å². The predicted molar refractivity (Wildman–Crippen MR) is 91.9 cm³/mol. The summed E-state index contributed by atoms with van der Waals surface area (Å²) in [5.41, 5.74) is 2.41. The van der Waals surface area contributed by atoms with Crippen molar-refractivity contribution in [1.29, 1.82) is 0 Å². The van der Waals surface area contributed by atoms with Gasteiger partial charge in [0.05, 0.1) is 16.9 Å². The van der Waals surface area contributed by atoms with E-state index in [1.807, 2.05) is 36.5 Å². The molecular formula is C18H15ClFN3O. The van der Waals surface area contributed by atoms with Crippen LogP contribution in [0.4, 0.5) is 10.1 Å². The number of aryl methyl sites for hydroxylation is 1. The first kappa shape index (κ1) is 16.2. The number of nitrogens with one attached hydrogen (secondary N) is 1. The van der Waals surface area contributed by atoms with Gasteiger partial charge in [-0.2, -0.15) is 5.10 Å². The average Bonchev–Trinajstić information content (AvgIpc) is 3.06. The van der Waals surface area contributed by atoms with Crippen molar-refractivity contribution >= 4 is 23.2 Å². The van der Waals surface area contributed by atoms with Crippen molar-refractivity contribution in [2.75, 3.05) is 5.32 Å². The Morgan fingerprint density at radius 3 is 2.75 bits per heavy atom. The number of amides is 1. The number of aromatic nitrogens is 2. The first-order chi connectivity index (χ1) is 11.6. The van der Waals surface area contributed by atoms with E-state index in [4.69, 9.17) is 11.6 Å². The van der Waals surface area contributed by atoms with E-state index in [1.165, 1.54) is 18.2 Å². The van der Waals surface area contributed by atoms with Gasteiger partial charge in [-0.25, -0.2) is 9.07 Å². The molecule has 122 valence electrons. The zero-order valence-electron chi connectivity index (χ0n) is 12.7. The molecule has 4 nitrogen and oxygen atoms in total. The maximum atomic E-state index is 13.1. The van der Waals surface area contributed by atoms with Crippen molar-refractivity contribution in [2.24, 2.45) is 0 Å². The van der Waals surface area contributed by atoms with Crippen molar-refractivity contribution in [2.45, 2.75) is 12.8 Å². The van der Waals surface area contributed by atoms with E-state index < -0.39 is 5.82 Å². The maximum Gasteiger partial charge on any atom is 0.224 e. The number of carbonyl (C=O) groups excluding carboxylic acids is 1. The Hall–Kier alpha value is -2.66. The molecule has 1 N–H and O–H groups in total. The number of anilines is 1. The van der Waals surface area contributed by atoms with Crippen LogP contribution >= 0.6 is 11.6 Å². The molecule has 0 bridgehead atoms. The summed E-state index contributed by atoms with van der Waals surface area (Å²) < 4.78 is 14.9. The van der Waals surface area contributed by atoms with Gasteiger partial charge in [-0.05, 0) is 42.3 Å². The molecule has 0 fully saturated rings. The molecule has 6 heteroatoms. The molecule has 0 unspecified atom stereocenters. The Kier molecular flexibility index (Phi) is 4.91. The number of para-hydroxylation sites is 1. The molecule has 3 aromatic rings. The van der Waals surface area contributed by atoms with Crippen LogP contribution in [0.15, 0.2) is 60.9 Å². The van der Waals surface area contributed by atoms with Crippen LogP contribution in [0.1, 0.15) is 12.0 Å². The molecule has 0 spiro atoms. The summed E-state index contributed by atoms with van der Waals surface area (Å²) in [5.74, 6) is -0.673. The van der Waals surface area contributed by atoms with Crippen LogP contribution in [0, 0.1) is 5.82 Å². The quantitative estimate of drug-likeness (QED) is 0.753. The minimum atomic E-state index is -0.511. The van der Waals surface area contributed by atoms with Gasteiger partial charge in [0, 0.05) is 18.3 Å². The summed E-state index contributed by atoms with van der Waals surface area (Å²) in [5, 5.41) is 6.98. The Bertz CT molecular complexity index is 848. The smallest absolute Gasteiger partial charge is 0.224 e. The molecule has 0 aliphatic carbocycles. The average molecular weight is 344 g/mol. The van der Waals surface area contributed by atoms with E-state index in [0.717, 1.165) is 11.3 Å². The van der Waals surface area contributed by atoms with Gasteiger partial charge in [0.25, 0.3) is 0 Å². The van der Waals surface area contributed by atoms with Gasteiger partial charge in [0.15, 0.2) is 0 Å². The lowest BCUT2D eigenvalue weighted by molar-refractivity contribution is -0.116. The first-order valence-corrected chi connectivity index (χ1v) is 7.83. The first-order valence-electron chi connectivity index (χ1n) is 7.46. The van der Waals surface area contributed by atoms with E-state index in [-0.39, 0.29) is 10.9 Å². The summed E-state index contributed by atoms with van der Waals surface area (Å²) in [6.45, 7) is 0. The fourth-order valence-electron chi connectivity index (χ4n) is 2.27. The molecule has 0 atom stereocenters. The Labute approximate surface area is 143 Å². The molecule has 0 aliphatic heterocycles. The number of carbonyl (C=O) groups is 1. The second-order valence-corrected chi connectivity index (χ2v) is 5.71. The Balaban J connectivity index is 1.56. The zero-order valence-corrected chi connectivity index (χ0v) is 13.5. The second kappa shape index (κ2) is 7.27. The highest BCUT2D eigenvalue weighted by atomic mass is 35.5. The van der Waals surface area contributed by atoms with Crippen LogP contribution in [-0.4, -0.2) is 15.7 Å². The topological polar surface area (TPSA) is 46.9 Å². The number of hydrogen-bond acceptors (Lipinski definition) is 2. The second-order valence-electron chi connectivity index (χ2n) is 5.31. The summed E-state index contributed by atoms with van der Waals surface area (Å²) in [6, 6.07) is 13.8. The fraction of sp³-hybridized carbons (Fsp3) is 0.111. The van der Waals surface area contributed by atoms with Crippen molar-refractivity contribution in [3.63, 3.8) is 0 Å². The Morgan fingerprint density at radius 1 is 1.21 bits per heavy atom. The van der Waals surface area contributed by atoms with E-state index in [2.05, 4.69) is 10.4 Å². The number of rotatable bonds is 5. The van der Waals surface area contributed by atoms with Crippen LogP contribution < -0.4 is 5.32 Å². The number of halogens is 2. The fourth-order valence-corrected chi connectivity index (χ4v) is 2.45. The largest absolute Gasteiger partial charge is 0.326 e. The van der Waals surface area contributed by atoms with Gasteiger partial charge in [0.2, 0.25) is 5.91 Å². The predicted octanol–water partition coefficient (Wildman–Crippen LogP) is 4.24. The molecule has 0 saturated carbocycles. The monoisotopic (exact) mass is 343 g/mol. The van der Waals surface area contributed by atoms with Crippen molar-refractivity contribution in [3.05, 3.63) is 77.3 Å². The molecule has 1 aromatic heterocycles. The minimum absolute atomic E-state index is 0.0167. The minimum Gasteiger partial charge on any atom is -0.326 e. The Morgan fingerprint density at radius 2 is 2.00 bits per heavy atom. The van der Waals surface area contributed by atoms with Crippen LogP contribution in [0.5, 0.6) is 0 Å².